The van der Waals surface area contributed by atoms with Crippen molar-refractivity contribution in [3.8, 4) is 5.75 Å². The summed E-state index contributed by atoms with van der Waals surface area (Å²) < 4.78 is 26.4. The molecule has 1 heterocycles. The minimum atomic E-state index is -1.41. The molecule has 0 saturated carbocycles. The maximum absolute atomic E-state index is 14.5. The van der Waals surface area contributed by atoms with E-state index in [0.29, 0.717) is 10.7 Å². The van der Waals surface area contributed by atoms with Crippen LogP contribution in [0.4, 0.5) is 16.0 Å². The van der Waals surface area contributed by atoms with Crippen LogP contribution in [0.5, 0.6) is 5.75 Å². The van der Waals surface area contributed by atoms with Crippen LogP contribution in [0.2, 0.25) is 5.02 Å². The number of benzene rings is 2. The Kier molecular flexibility index (Phi) is 8.70. The monoisotopic (exact) mass is 529 g/mol. The van der Waals surface area contributed by atoms with Gasteiger partial charge < -0.3 is 14.8 Å². The van der Waals surface area contributed by atoms with Gasteiger partial charge in [-0.05, 0) is 57.5 Å². The number of nitrogens with one attached hydrogen (secondary N) is 1. The van der Waals surface area contributed by atoms with Crippen LogP contribution in [-0.2, 0) is 27.3 Å². The Balaban J connectivity index is 1.98. The van der Waals surface area contributed by atoms with Crippen molar-refractivity contribution in [1.29, 1.82) is 0 Å². The maximum atomic E-state index is 14.5. The van der Waals surface area contributed by atoms with Crippen molar-refractivity contribution in [2.45, 2.75) is 59.3 Å². The van der Waals surface area contributed by atoms with Gasteiger partial charge in [-0.15, -0.1) is 0 Å². The zero-order chi connectivity index (χ0) is 27.3. The number of aromatic nitrogens is 2. The lowest BCUT2D eigenvalue weighted by atomic mass is 9.98. The second-order valence-corrected chi connectivity index (χ2v) is 9.70. The SMILES string of the molecule is CC(=O)OC(C)(C)C(=O)Cc1cnc(Nc2ccc(OC(C)C)c(F)c2)n(Cc2ccc(Cl)cc2)c1=O. The number of hydrogen-bond acceptors (Lipinski definition) is 7. The van der Waals surface area contributed by atoms with E-state index in [1.807, 2.05) is 0 Å². The van der Waals surface area contributed by atoms with Crippen LogP contribution in [0, 0.1) is 5.82 Å². The lowest BCUT2D eigenvalue weighted by molar-refractivity contribution is -0.161. The highest BCUT2D eigenvalue weighted by Crippen LogP contribution is 2.24. The summed E-state index contributed by atoms with van der Waals surface area (Å²) in [6.07, 6.45) is 0.806. The van der Waals surface area contributed by atoms with E-state index in [1.54, 1.807) is 44.2 Å². The largest absolute Gasteiger partial charge is 0.488 e. The third-order valence-corrected chi connectivity index (χ3v) is 5.60. The van der Waals surface area contributed by atoms with E-state index in [-0.39, 0.29) is 36.3 Å². The molecule has 2 aromatic carbocycles. The van der Waals surface area contributed by atoms with Gasteiger partial charge in [0.05, 0.1) is 12.6 Å². The molecule has 0 radical (unpaired) electrons. The Labute approximate surface area is 219 Å². The number of Topliss-reactive ketones (excluding diaryl/α,β-unsaturated/α-hetero) is 1. The number of hydrogen-bond donors (Lipinski definition) is 1. The fourth-order valence-electron chi connectivity index (χ4n) is 3.53. The van der Waals surface area contributed by atoms with Crippen molar-refractivity contribution < 1.29 is 23.5 Å². The molecule has 1 aromatic heterocycles. The zero-order valence-corrected chi connectivity index (χ0v) is 22.1. The van der Waals surface area contributed by atoms with Gasteiger partial charge in [-0.25, -0.2) is 9.37 Å². The molecule has 3 rings (SSSR count). The van der Waals surface area contributed by atoms with Crippen LogP contribution >= 0.6 is 11.6 Å². The third kappa shape index (κ3) is 7.39. The lowest BCUT2D eigenvalue weighted by Gasteiger charge is -2.23. The number of carbonyl (C=O) groups is 2. The number of ketones is 1. The predicted octanol–water partition coefficient (Wildman–Crippen LogP) is 5.07. The standard InChI is InChI=1S/C27H29ClFN3O5/c1-16(2)36-23-11-10-21(13-22(23)29)31-26-30-14-19(12-24(34)27(4,5)37-17(3)33)25(35)32(26)15-18-6-8-20(28)9-7-18/h6-11,13-14,16H,12,15H2,1-5H3,(H,30,31). The molecule has 10 heteroatoms. The van der Waals surface area contributed by atoms with E-state index in [1.165, 1.54) is 43.7 Å². The van der Waals surface area contributed by atoms with E-state index in [9.17, 15) is 18.8 Å². The van der Waals surface area contributed by atoms with Gasteiger partial charge in [0.1, 0.15) is 0 Å². The van der Waals surface area contributed by atoms with Gasteiger partial charge in [0.15, 0.2) is 23.0 Å². The van der Waals surface area contributed by atoms with E-state index in [4.69, 9.17) is 21.1 Å². The minimum absolute atomic E-state index is 0.108. The summed E-state index contributed by atoms with van der Waals surface area (Å²) in [5.41, 5.74) is -0.651. The van der Waals surface area contributed by atoms with Crippen LogP contribution in [0.1, 0.15) is 45.7 Å². The molecule has 0 saturated heterocycles. The molecule has 0 aliphatic rings. The van der Waals surface area contributed by atoms with Gasteiger partial charge in [-0.3, -0.25) is 19.0 Å². The van der Waals surface area contributed by atoms with Crippen LogP contribution in [0.25, 0.3) is 0 Å². The fraction of sp³-hybridized carbons (Fsp3) is 0.333. The first-order valence-electron chi connectivity index (χ1n) is 11.6. The summed E-state index contributed by atoms with van der Waals surface area (Å²) in [5, 5.41) is 3.52. The second kappa shape index (κ2) is 11.6. The number of carbonyl (C=O) groups excluding carboxylic acids is 2. The first kappa shape index (κ1) is 27.9. The summed E-state index contributed by atoms with van der Waals surface area (Å²) in [4.78, 5) is 42.0. The molecule has 3 aromatic rings. The fourth-order valence-corrected chi connectivity index (χ4v) is 3.66. The average Bonchev–Trinajstić information content (AvgIpc) is 2.80. The Morgan fingerprint density at radius 2 is 1.84 bits per heavy atom. The highest BCUT2D eigenvalue weighted by atomic mass is 35.5. The molecule has 0 unspecified atom stereocenters. The molecule has 0 atom stereocenters. The van der Waals surface area contributed by atoms with Crippen molar-refractivity contribution in [3.63, 3.8) is 0 Å². The molecule has 0 bridgehead atoms. The Morgan fingerprint density at radius 3 is 2.43 bits per heavy atom. The van der Waals surface area contributed by atoms with Crippen LogP contribution in [0.3, 0.4) is 0 Å². The number of esters is 1. The van der Waals surface area contributed by atoms with Gasteiger partial charge in [0.2, 0.25) is 5.95 Å². The third-order valence-electron chi connectivity index (χ3n) is 5.34. The molecule has 0 spiro atoms. The molecule has 1 N–H and O–H groups in total. The molecule has 37 heavy (non-hydrogen) atoms. The highest BCUT2D eigenvalue weighted by Gasteiger charge is 2.31. The summed E-state index contributed by atoms with van der Waals surface area (Å²) in [5.74, 6) is -1.37. The van der Waals surface area contributed by atoms with E-state index >= 15 is 0 Å². The van der Waals surface area contributed by atoms with Crippen LogP contribution in [-0.4, -0.2) is 33.0 Å². The molecule has 0 aliphatic heterocycles. The number of halogens is 2. The van der Waals surface area contributed by atoms with E-state index in [0.717, 1.165) is 5.56 Å². The summed E-state index contributed by atoms with van der Waals surface area (Å²) >= 11 is 5.99. The Bertz CT molecular complexity index is 1350. The second-order valence-electron chi connectivity index (χ2n) is 9.27. The van der Waals surface area contributed by atoms with Crippen molar-refractivity contribution >= 4 is 35.0 Å². The van der Waals surface area contributed by atoms with E-state index < -0.39 is 28.7 Å². The first-order valence-corrected chi connectivity index (χ1v) is 12.0. The molecular weight excluding hydrogens is 501 g/mol. The summed E-state index contributed by atoms with van der Waals surface area (Å²) in [6, 6.07) is 11.3. The molecule has 0 fully saturated rings. The van der Waals surface area contributed by atoms with Crippen LogP contribution < -0.4 is 15.6 Å². The van der Waals surface area contributed by atoms with Crippen molar-refractivity contribution in [2.24, 2.45) is 0 Å². The van der Waals surface area contributed by atoms with Crippen molar-refractivity contribution in [2.75, 3.05) is 5.32 Å². The number of rotatable bonds is 10. The van der Waals surface area contributed by atoms with Gasteiger partial charge in [-0.1, -0.05) is 23.7 Å². The Morgan fingerprint density at radius 1 is 1.16 bits per heavy atom. The normalized spacial score (nSPS) is 11.4. The predicted molar refractivity (Wildman–Crippen MR) is 139 cm³/mol. The van der Waals surface area contributed by atoms with E-state index in [2.05, 4.69) is 10.3 Å². The quantitative estimate of drug-likeness (QED) is 0.366. The van der Waals surface area contributed by atoms with Crippen LogP contribution in [0.15, 0.2) is 53.5 Å². The average molecular weight is 530 g/mol. The first-order chi connectivity index (χ1) is 17.4. The molecule has 8 nitrogen and oxygen atoms in total. The maximum Gasteiger partial charge on any atom is 0.303 e. The summed E-state index contributed by atoms with van der Waals surface area (Å²) in [6.45, 7) is 7.84. The van der Waals surface area contributed by atoms with Gasteiger partial charge in [0, 0.05) is 41.9 Å². The van der Waals surface area contributed by atoms with Gasteiger partial charge >= 0.3 is 5.97 Å². The Hall–Kier alpha value is -3.72. The number of ether oxygens (including phenoxy) is 2. The molecule has 196 valence electrons. The minimum Gasteiger partial charge on any atom is -0.488 e. The molecular formula is C27H29ClFN3O5. The zero-order valence-electron chi connectivity index (χ0n) is 21.3. The molecule has 0 aliphatic carbocycles. The highest BCUT2D eigenvalue weighted by molar-refractivity contribution is 6.30. The number of anilines is 2. The topological polar surface area (TPSA) is 99.5 Å². The smallest absolute Gasteiger partial charge is 0.303 e. The molecule has 0 amide bonds. The van der Waals surface area contributed by atoms with Gasteiger partial charge in [0.25, 0.3) is 5.56 Å². The summed E-state index contributed by atoms with van der Waals surface area (Å²) in [7, 11) is 0. The lowest BCUT2D eigenvalue weighted by Crippen LogP contribution is -2.39. The van der Waals surface area contributed by atoms with Crippen molar-refractivity contribution in [3.05, 3.63) is 81.0 Å². The van der Waals surface area contributed by atoms with Gasteiger partial charge in [-0.2, -0.15) is 0 Å². The van der Waals surface area contributed by atoms with Crippen molar-refractivity contribution in [1.82, 2.24) is 9.55 Å². The number of nitrogens with zero attached hydrogens (tertiary/aromatic N) is 2.